The van der Waals surface area contributed by atoms with Gasteiger partial charge in [0.15, 0.2) is 0 Å². The van der Waals surface area contributed by atoms with Crippen molar-refractivity contribution in [1.82, 2.24) is 23.9 Å². The first kappa shape index (κ1) is 21.8. The predicted octanol–water partition coefficient (Wildman–Crippen LogP) is 1.43. The molecule has 0 saturated carbocycles. The second kappa shape index (κ2) is 9.39. The molecule has 1 N–H and O–H groups in total. The van der Waals surface area contributed by atoms with Gasteiger partial charge in [-0.2, -0.15) is 17.0 Å². The van der Waals surface area contributed by atoms with Crippen molar-refractivity contribution in [3.8, 4) is 0 Å². The summed E-state index contributed by atoms with van der Waals surface area (Å²) < 4.78 is 34.8. The van der Waals surface area contributed by atoms with Crippen molar-refractivity contribution >= 4 is 16.1 Å². The summed E-state index contributed by atoms with van der Waals surface area (Å²) in [7, 11) is -3.68. The Bertz CT molecular complexity index is 1030. The first-order valence-electron chi connectivity index (χ1n) is 10.5. The molecule has 31 heavy (non-hydrogen) atoms. The molecule has 4 rings (SSSR count). The number of hydrogen-bond acceptors (Lipinski definition) is 6. The van der Waals surface area contributed by atoms with Gasteiger partial charge >= 0.3 is 0 Å². The van der Waals surface area contributed by atoms with Crippen LogP contribution < -0.4 is 5.32 Å². The average Bonchev–Trinajstić information content (AvgIpc) is 3.29. The number of ether oxygens (including phenoxy) is 1. The van der Waals surface area contributed by atoms with Crippen LogP contribution in [0.3, 0.4) is 0 Å². The van der Waals surface area contributed by atoms with Gasteiger partial charge in [-0.15, -0.1) is 0 Å². The number of carbonyl (C=O) groups excluding carboxylic acids is 1. The molecule has 2 saturated heterocycles. The third-order valence-corrected chi connectivity index (χ3v) is 7.64. The van der Waals surface area contributed by atoms with Gasteiger partial charge in [-0.05, 0) is 25.3 Å². The first-order valence-corrected chi connectivity index (χ1v) is 11.9. The molecule has 0 unspecified atom stereocenters. The van der Waals surface area contributed by atoms with Crippen molar-refractivity contribution in [3.05, 3.63) is 59.2 Å². The van der Waals surface area contributed by atoms with Crippen LogP contribution >= 0.6 is 0 Å². The second-order valence-corrected chi connectivity index (χ2v) is 9.55. The molecular formula is C21H27N5O4S. The topological polar surface area (TPSA) is 105 Å². The van der Waals surface area contributed by atoms with E-state index in [1.165, 1.54) is 14.8 Å². The summed E-state index contributed by atoms with van der Waals surface area (Å²) in [6.07, 6.45) is 2.82. The maximum atomic E-state index is 13.3. The molecule has 0 spiro atoms. The maximum absolute atomic E-state index is 13.3. The molecule has 9 nitrogen and oxygen atoms in total. The molecule has 1 amide bonds. The Kier molecular flexibility index (Phi) is 6.61. The van der Waals surface area contributed by atoms with Gasteiger partial charge in [0.25, 0.3) is 16.1 Å². The van der Waals surface area contributed by atoms with Gasteiger partial charge in [0.2, 0.25) is 0 Å². The molecule has 1 aromatic heterocycles. The molecule has 0 aliphatic carbocycles. The normalized spacial score (nSPS) is 20.6. The van der Waals surface area contributed by atoms with Crippen molar-refractivity contribution in [2.75, 3.05) is 32.8 Å². The number of aromatic nitrogens is 2. The Morgan fingerprint density at radius 2 is 1.94 bits per heavy atom. The van der Waals surface area contributed by atoms with Crippen LogP contribution in [0.1, 0.15) is 46.3 Å². The van der Waals surface area contributed by atoms with Crippen LogP contribution in [-0.4, -0.2) is 65.8 Å². The lowest BCUT2D eigenvalue weighted by molar-refractivity contribution is 0.0698. The molecule has 0 radical (unpaired) electrons. The Morgan fingerprint density at radius 3 is 2.68 bits per heavy atom. The Balaban J connectivity index is 1.59. The highest BCUT2D eigenvalue weighted by Crippen LogP contribution is 2.36. The van der Waals surface area contributed by atoms with E-state index in [1.807, 2.05) is 30.3 Å². The van der Waals surface area contributed by atoms with Crippen LogP contribution in [-0.2, 0) is 21.5 Å². The Morgan fingerprint density at radius 1 is 1.19 bits per heavy atom. The molecular weight excluding hydrogens is 418 g/mol. The summed E-state index contributed by atoms with van der Waals surface area (Å²) in [5.41, 5.74) is 1.76. The minimum absolute atomic E-state index is 0.311. The highest BCUT2D eigenvalue weighted by molar-refractivity contribution is 7.86. The minimum atomic E-state index is -3.68. The fourth-order valence-corrected chi connectivity index (χ4v) is 5.80. The van der Waals surface area contributed by atoms with E-state index in [0.29, 0.717) is 69.3 Å². The molecule has 1 atom stereocenters. The number of aryl methyl sites for hydroxylation is 1. The molecule has 2 aliphatic heterocycles. The lowest BCUT2D eigenvalue weighted by atomic mass is 10.1. The Hall–Kier alpha value is -2.40. The zero-order chi connectivity index (χ0) is 21.8. The standard InChI is InChI=1S/C21H27N5O4S/c1-16-22-15-18(21(27)23-14-17-6-3-2-4-7-17)20(24-16)19-8-5-9-26(19)31(28,29)25-10-12-30-13-11-25/h2-4,6-7,15,19H,5,8-14H2,1H3,(H,23,27)/t19-/m1/s1. The molecule has 3 heterocycles. The summed E-state index contributed by atoms with van der Waals surface area (Å²) in [5.74, 6) is 0.194. The van der Waals surface area contributed by atoms with Gasteiger partial charge in [-0.25, -0.2) is 9.97 Å². The third kappa shape index (κ3) is 4.77. The number of benzene rings is 1. The van der Waals surface area contributed by atoms with E-state index >= 15 is 0 Å². The average molecular weight is 446 g/mol. The summed E-state index contributed by atoms with van der Waals surface area (Å²) in [5, 5.41) is 2.90. The van der Waals surface area contributed by atoms with E-state index in [0.717, 1.165) is 5.56 Å². The SMILES string of the molecule is Cc1ncc(C(=O)NCc2ccccc2)c([C@H]2CCCN2S(=O)(=O)N2CCOCC2)n1. The first-order chi connectivity index (χ1) is 15.0. The molecule has 2 aliphatic rings. The maximum Gasteiger partial charge on any atom is 0.282 e. The van der Waals surface area contributed by atoms with Crippen molar-refractivity contribution in [2.24, 2.45) is 0 Å². The molecule has 10 heteroatoms. The molecule has 2 fully saturated rings. The fourth-order valence-electron chi connectivity index (χ4n) is 4.01. The van der Waals surface area contributed by atoms with E-state index in [1.54, 1.807) is 6.92 Å². The van der Waals surface area contributed by atoms with E-state index in [9.17, 15) is 13.2 Å². The van der Waals surface area contributed by atoms with Crippen LogP contribution in [0.15, 0.2) is 36.5 Å². The predicted molar refractivity (Wildman–Crippen MR) is 114 cm³/mol. The number of amides is 1. The number of carbonyl (C=O) groups is 1. The van der Waals surface area contributed by atoms with Crippen LogP contribution in [0.4, 0.5) is 0 Å². The number of rotatable bonds is 6. The minimum Gasteiger partial charge on any atom is -0.379 e. The summed E-state index contributed by atoms with van der Waals surface area (Å²) in [6, 6.07) is 9.11. The second-order valence-electron chi connectivity index (χ2n) is 7.67. The van der Waals surface area contributed by atoms with Crippen molar-refractivity contribution in [2.45, 2.75) is 32.4 Å². The van der Waals surface area contributed by atoms with Crippen LogP contribution in [0, 0.1) is 6.92 Å². The van der Waals surface area contributed by atoms with E-state index < -0.39 is 16.3 Å². The number of nitrogens with zero attached hydrogens (tertiary/aromatic N) is 4. The number of hydrogen-bond donors (Lipinski definition) is 1. The summed E-state index contributed by atoms with van der Waals surface area (Å²) >= 11 is 0. The summed E-state index contributed by atoms with van der Waals surface area (Å²) in [4.78, 5) is 21.7. The van der Waals surface area contributed by atoms with Gasteiger partial charge in [0.1, 0.15) is 5.82 Å². The highest BCUT2D eigenvalue weighted by Gasteiger charge is 2.41. The monoisotopic (exact) mass is 445 g/mol. The van der Waals surface area contributed by atoms with Gasteiger partial charge < -0.3 is 10.1 Å². The van der Waals surface area contributed by atoms with E-state index in [-0.39, 0.29) is 5.91 Å². The number of morpholine rings is 1. The van der Waals surface area contributed by atoms with Crippen molar-refractivity contribution in [1.29, 1.82) is 0 Å². The third-order valence-electron chi connectivity index (χ3n) is 5.59. The summed E-state index contributed by atoms with van der Waals surface area (Å²) in [6.45, 7) is 3.95. The molecule has 2 aromatic rings. The van der Waals surface area contributed by atoms with Crippen LogP contribution in [0.5, 0.6) is 0 Å². The smallest absolute Gasteiger partial charge is 0.282 e. The van der Waals surface area contributed by atoms with Crippen LogP contribution in [0.2, 0.25) is 0 Å². The quantitative estimate of drug-likeness (QED) is 0.721. The lowest BCUT2D eigenvalue weighted by Gasteiger charge is -2.33. The number of nitrogens with one attached hydrogen (secondary N) is 1. The van der Waals surface area contributed by atoms with Crippen molar-refractivity contribution < 1.29 is 17.9 Å². The largest absolute Gasteiger partial charge is 0.379 e. The zero-order valence-electron chi connectivity index (χ0n) is 17.5. The molecule has 166 valence electrons. The van der Waals surface area contributed by atoms with Gasteiger partial charge in [-0.3, -0.25) is 4.79 Å². The van der Waals surface area contributed by atoms with Gasteiger partial charge in [-0.1, -0.05) is 30.3 Å². The molecule has 0 bridgehead atoms. The van der Waals surface area contributed by atoms with E-state index in [4.69, 9.17) is 4.74 Å². The van der Waals surface area contributed by atoms with Gasteiger partial charge in [0, 0.05) is 32.4 Å². The fraction of sp³-hybridized carbons (Fsp3) is 0.476. The Labute approximate surface area is 182 Å². The molecule has 1 aromatic carbocycles. The highest BCUT2D eigenvalue weighted by atomic mass is 32.2. The van der Waals surface area contributed by atoms with Crippen LogP contribution in [0.25, 0.3) is 0 Å². The zero-order valence-corrected chi connectivity index (χ0v) is 18.3. The lowest BCUT2D eigenvalue weighted by Crippen LogP contribution is -2.48. The van der Waals surface area contributed by atoms with Crippen molar-refractivity contribution in [3.63, 3.8) is 0 Å². The van der Waals surface area contributed by atoms with E-state index in [2.05, 4.69) is 15.3 Å². The van der Waals surface area contributed by atoms with Gasteiger partial charge in [0.05, 0.1) is 30.5 Å².